The molecule has 0 saturated carbocycles. The van der Waals surface area contributed by atoms with Gasteiger partial charge in [0.05, 0.1) is 24.2 Å². The van der Waals surface area contributed by atoms with E-state index in [1.807, 2.05) is 19.1 Å². The Morgan fingerprint density at radius 2 is 2.16 bits per heavy atom. The molecule has 31 heavy (non-hydrogen) atoms. The number of alkyl halides is 2. The first-order valence-corrected chi connectivity index (χ1v) is 10.8. The van der Waals surface area contributed by atoms with Gasteiger partial charge in [0.1, 0.15) is 10.7 Å². The van der Waals surface area contributed by atoms with Crippen LogP contribution in [0.25, 0.3) is 21.6 Å². The highest BCUT2D eigenvalue weighted by Gasteiger charge is 2.26. The second kappa shape index (κ2) is 9.27. The summed E-state index contributed by atoms with van der Waals surface area (Å²) in [6.07, 6.45) is -0.332. The van der Waals surface area contributed by atoms with Crippen molar-refractivity contribution in [2.75, 3.05) is 26.6 Å². The van der Waals surface area contributed by atoms with Crippen LogP contribution in [0.1, 0.15) is 27.7 Å². The Morgan fingerprint density at radius 3 is 2.84 bits per heavy atom. The van der Waals surface area contributed by atoms with E-state index < -0.39 is 26.0 Å². The fourth-order valence-electron chi connectivity index (χ4n) is 3.67. The van der Waals surface area contributed by atoms with Crippen LogP contribution in [-0.2, 0) is 11.2 Å². The molecule has 0 aliphatic carbocycles. The molecule has 1 amide bonds. The van der Waals surface area contributed by atoms with Crippen molar-refractivity contribution in [3.05, 3.63) is 35.1 Å². The summed E-state index contributed by atoms with van der Waals surface area (Å²) in [5, 5.41) is 10.5. The van der Waals surface area contributed by atoms with Crippen molar-refractivity contribution in [2.24, 2.45) is 0 Å². The van der Waals surface area contributed by atoms with E-state index in [2.05, 4.69) is 20.2 Å². The lowest BCUT2D eigenvalue weighted by Crippen LogP contribution is -2.47. The summed E-state index contributed by atoms with van der Waals surface area (Å²) < 4.78 is 48.4. The molecular weight excluding hydrogens is 422 g/mol. The molecule has 10 heteroatoms. The summed E-state index contributed by atoms with van der Waals surface area (Å²) in [6, 6.07) is 5.01. The van der Waals surface area contributed by atoms with Crippen molar-refractivity contribution in [3.8, 4) is 10.7 Å². The Bertz CT molecular complexity index is 1170. The van der Waals surface area contributed by atoms with Gasteiger partial charge >= 0.3 is 0 Å². The van der Waals surface area contributed by atoms with Gasteiger partial charge in [-0.15, -0.1) is 10.2 Å². The van der Waals surface area contributed by atoms with E-state index in [-0.39, 0.29) is 12.3 Å². The molecule has 7 nitrogen and oxygen atoms in total. The highest BCUT2D eigenvalue weighted by atomic mass is 32.1. The van der Waals surface area contributed by atoms with Crippen molar-refractivity contribution in [3.63, 3.8) is 0 Å². The molecule has 0 radical (unpaired) electrons. The molecular formula is C21H24F2N6OS. The van der Waals surface area contributed by atoms with Crippen molar-refractivity contribution < 1.29 is 17.7 Å². The smallest absolute Gasteiger partial charge is 0.251 e. The monoisotopic (exact) mass is 449 g/mol. The Balaban J connectivity index is 1.41. The van der Waals surface area contributed by atoms with Crippen molar-refractivity contribution in [1.29, 1.82) is 0 Å². The number of aryl methyl sites for hydroxylation is 1. The zero-order valence-electron chi connectivity index (χ0n) is 20.0. The summed E-state index contributed by atoms with van der Waals surface area (Å²) in [4.78, 5) is 24.4. The van der Waals surface area contributed by atoms with Gasteiger partial charge in [0.25, 0.3) is 6.43 Å². The van der Waals surface area contributed by atoms with Gasteiger partial charge in [-0.1, -0.05) is 11.3 Å². The van der Waals surface area contributed by atoms with Crippen LogP contribution in [0.15, 0.2) is 24.4 Å². The Kier molecular flexibility index (Phi) is 5.39. The third-order valence-electron chi connectivity index (χ3n) is 5.30. The average molecular weight is 450 g/mol. The highest BCUT2D eigenvalue weighted by molar-refractivity contribution is 7.14. The lowest BCUT2D eigenvalue weighted by atomic mass is 10.0. The van der Waals surface area contributed by atoms with Crippen LogP contribution in [0.2, 0.25) is 0 Å². The number of aromatic nitrogens is 4. The van der Waals surface area contributed by atoms with Gasteiger partial charge in [0, 0.05) is 34.8 Å². The Hall–Kier alpha value is -2.59. The first kappa shape index (κ1) is 18.0. The zero-order valence-corrected chi connectivity index (χ0v) is 17.8. The summed E-state index contributed by atoms with van der Waals surface area (Å²) in [6.45, 7) is -0.904. The predicted octanol–water partition coefficient (Wildman–Crippen LogP) is 3.19. The van der Waals surface area contributed by atoms with E-state index in [1.54, 1.807) is 17.2 Å². The van der Waals surface area contributed by atoms with Gasteiger partial charge in [-0.3, -0.25) is 14.7 Å². The van der Waals surface area contributed by atoms with Gasteiger partial charge in [-0.25, -0.2) is 13.8 Å². The summed E-state index contributed by atoms with van der Waals surface area (Å²) in [5.41, 5.74) is 1.97. The number of fused-ring (bicyclic) bond motifs is 1. The molecule has 0 spiro atoms. The van der Waals surface area contributed by atoms with Crippen molar-refractivity contribution in [2.45, 2.75) is 38.7 Å². The normalized spacial score (nSPS) is 17.2. The number of carbonyl (C=O) groups excluding carboxylic acids is 1. The maximum Gasteiger partial charge on any atom is 0.251 e. The van der Waals surface area contributed by atoms with E-state index in [1.165, 1.54) is 11.3 Å². The molecule has 4 rings (SSSR count). The molecule has 4 heterocycles. The summed E-state index contributed by atoms with van der Waals surface area (Å²) in [5.74, 6) is -0.143. The lowest BCUT2D eigenvalue weighted by Gasteiger charge is -2.36. The number of halogens is 2. The number of piperidine rings is 1. The number of rotatable bonds is 6. The lowest BCUT2D eigenvalue weighted by molar-refractivity contribution is -0.132. The first-order chi connectivity index (χ1) is 16.1. The number of nitrogens with zero attached hydrogens (tertiary/aromatic N) is 6. The minimum atomic E-state index is -2.73. The molecule has 0 aromatic carbocycles. The minimum absolute atomic E-state index is 0.0739. The van der Waals surface area contributed by atoms with Crippen LogP contribution in [-0.4, -0.2) is 74.9 Å². The van der Waals surface area contributed by atoms with Gasteiger partial charge in [-0.05, 0) is 44.9 Å². The van der Waals surface area contributed by atoms with Gasteiger partial charge < -0.3 is 4.90 Å². The molecule has 0 bridgehead atoms. The number of likely N-dealkylation sites (tertiary alicyclic amines) is 1. The maximum atomic E-state index is 12.9. The second-order valence-electron chi connectivity index (χ2n) is 7.52. The van der Waals surface area contributed by atoms with Gasteiger partial charge in [-0.2, -0.15) is 0 Å². The highest BCUT2D eigenvalue weighted by Crippen LogP contribution is 2.24. The Labute approximate surface area is 187 Å². The fraction of sp³-hybridized carbons (Fsp3) is 0.476. The van der Waals surface area contributed by atoms with Crippen LogP contribution in [0.4, 0.5) is 8.78 Å². The van der Waals surface area contributed by atoms with E-state index >= 15 is 0 Å². The number of hydrogen-bond acceptors (Lipinski definition) is 7. The van der Waals surface area contributed by atoms with E-state index in [9.17, 15) is 13.6 Å². The quantitative estimate of drug-likeness (QED) is 0.575. The number of pyridine rings is 2. The van der Waals surface area contributed by atoms with Crippen molar-refractivity contribution in [1.82, 2.24) is 30.0 Å². The fourth-order valence-corrected chi connectivity index (χ4v) is 4.33. The maximum absolute atomic E-state index is 12.9. The number of amides is 1. The van der Waals surface area contributed by atoms with Crippen LogP contribution in [0.5, 0.6) is 0 Å². The van der Waals surface area contributed by atoms with E-state index in [0.717, 1.165) is 20.3 Å². The molecule has 1 aliphatic rings. The predicted molar refractivity (Wildman–Crippen MR) is 115 cm³/mol. The topological polar surface area (TPSA) is 75.1 Å². The standard InChI is InChI=1S/C21H24F2N6OS/c1-13-26-27-21(31-13)17-4-3-14-11-24-15(9-18(14)25-17)10-20(30)29-7-5-16(6-8-29)28(2)12-19(22)23/h3-4,9,11,16,19H,5-8,10,12H2,1-2H3/i2D3. The van der Waals surface area contributed by atoms with Crippen LogP contribution in [0, 0.1) is 6.92 Å². The van der Waals surface area contributed by atoms with E-state index in [0.29, 0.717) is 42.8 Å². The molecule has 1 fully saturated rings. The summed E-state index contributed by atoms with van der Waals surface area (Å²) in [7, 11) is 0. The van der Waals surface area contributed by atoms with Gasteiger partial charge in [0.2, 0.25) is 5.91 Å². The average Bonchev–Trinajstić information content (AvgIpc) is 3.22. The minimum Gasteiger partial charge on any atom is -0.342 e. The molecule has 1 aliphatic heterocycles. The van der Waals surface area contributed by atoms with Crippen LogP contribution < -0.4 is 0 Å². The van der Waals surface area contributed by atoms with Gasteiger partial charge in [0.15, 0.2) is 5.01 Å². The third-order valence-corrected chi connectivity index (χ3v) is 6.16. The second-order valence-corrected chi connectivity index (χ2v) is 8.70. The zero-order chi connectivity index (χ0) is 24.5. The largest absolute Gasteiger partial charge is 0.342 e. The van der Waals surface area contributed by atoms with Crippen molar-refractivity contribution >= 4 is 28.1 Å². The molecule has 3 aromatic heterocycles. The van der Waals surface area contributed by atoms with Crippen LogP contribution in [0.3, 0.4) is 0 Å². The molecule has 0 atom stereocenters. The SMILES string of the molecule is [2H]C([2H])([2H])N(CC(F)F)C1CCN(C(=O)Cc2cc3nc(-c4nnc(C)s4)ccc3cn2)CC1. The molecule has 3 aromatic rings. The third kappa shape index (κ3) is 5.19. The number of hydrogen-bond donors (Lipinski definition) is 0. The summed E-state index contributed by atoms with van der Waals surface area (Å²) >= 11 is 1.45. The Morgan fingerprint density at radius 1 is 1.35 bits per heavy atom. The van der Waals surface area contributed by atoms with E-state index in [4.69, 9.17) is 4.11 Å². The molecule has 164 valence electrons. The number of carbonyl (C=O) groups is 1. The van der Waals surface area contributed by atoms with Crippen LogP contribution >= 0.6 is 11.3 Å². The molecule has 1 saturated heterocycles. The first-order valence-electron chi connectivity index (χ1n) is 11.5. The molecule has 0 N–H and O–H groups in total. The molecule has 0 unspecified atom stereocenters.